The van der Waals surface area contributed by atoms with Gasteiger partial charge in [0.2, 0.25) is 5.91 Å². The van der Waals surface area contributed by atoms with Gasteiger partial charge >= 0.3 is 6.03 Å². The topological polar surface area (TPSA) is 97.1 Å². The number of aromatic nitrogens is 1. The smallest absolute Gasteiger partial charge is 0.316 e. The summed E-state index contributed by atoms with van der Waals surface area (Å²) in [6, 6.07) is 11.7. The van der Waals surface area contributed by atoms with Gasteiger partial charge in [0.25, 0.3) is 0 Å². The monoisotopic (exact) mass is 316 g/mol. The van der Waals surface area contributed by atoms with Gasteiger partial charge in [0, 0.05) is 17.6 Å². The standard InChI is InChI=1S/C15H16N4O2S/c1-10(22-13-7-2-3-8-17-13)14(20)18-11-5-4-6-12(9-11)19-15(16)21/h2-10H,1H3,(H,18,20)(H3,16,19,21). The van der Waals surface area contributed by atoms with E-state index in [2.05, 4.69) is 15.6 Å². The number of carbonyl (C=O) groups is 2. The number of anilines is 2. The molecule has 2 aromatic rings. The number of amides is 3. The van der Waals surface area contributed by atoms with Crippen LogP contribution in [-0.2, 0) is 4.79 Å². The van der Waals surface area contributed by atoms with Crippen LogP contribution in [0.5, 0.6) is 0 Å². The Hall–Kier alpha value is -2.54. The van der Waals surface area contributed by atoms with Gasteiger partial charge in [-0.25, -0.2) is 9.78 Å². The molecular weight excluding hydrogens is 300 g/mol. The first-order valence-electron chi connectivity index (χ1n) is 6.59. The molecule has 0 radical (unpaired) electrons. The molecule has 114 valence electrons. The first-order chi connectivity index (χ1) is 10.5. The highest BCUT2D eigenvalue weighted by Gasteiger charge is 2.15. The molecule has 0 bridgehead atoms. The molecule has 0 aliphatic heterocycles. The van der Waals surface area contributed by atoms with E-state index < -0.39 is 6.03 Å². The molecule has 1 unspecified atom stereocenters. The predicted molar refractivity (Wildman–Crippen MR) is 87.8 cm³/mol. The molecular formula is C15H16N4O2S. The first kappa shape index (κ1) is 15.8. The third-order valence-electron chi connectivity index (χ3n) is 2.70. The fourth-order valence-corrected chi connectivity index (χ4v) is 2.52. The van der Waals surface area contributed by atoms with E-state index in [1.807, 2.05) is 18.2 Å². The van der Waals surface area contributed by atoms with Gasteiger partial charge in [-0.2, -0.15) is 0 Å². The van der Waals surface area contributed by atoms with E-state index in [0.29, 0.717) is 11.4 Å². The number of thioether (sulfide) groups is 1. The third-order valence-corrected chi connectivity index (χ3v) is 3.75. The molecule has 1 aromatic heterocycles. The minimum atomic E-state index is -0.650. The molecule has 4 N–H and O–H groups in total. The van der Waals surface area contributed by atoms with Crippen LogP contribution < -0.4 is 16.4 Å². The molecule has 1 heterocycles. The number of hydrogen-bond donors (Lipinski definition) is 3. The molecule has 0 saturated heterocycles. The Bertz CT molecular complexity index is 664. The average molecular weight is 316 g/mol. The molecule has 7 heteroatoms. The predicted octanol–water partition coefficient (Wildman–Crippen LogP) is 2.69. The summed E-state index contributed by atoms with van der Waals surface area (Å²) in [5.74, 6) is -0.146. The number of nitrogens with zero attached hydrogens (tertiary/aromatic N) is 1. The van der Waals surface area contributed by atoms with Crippen LogP contribution in [0.3, 0.4) is 0 Å². The maximum Gasteiger partial charge on any atom is 0.316 e. The maximum atomic E-state index is 12.2. The van der Waals surface area contributed by atoms with Crippen LogP contribution in [0.1, 0.15) is 6.92 Å². The molecule has 1 aromatic carbocycles. The SMILES string of the molecule is CC(Sc1ccccn1)C(=O)Nc1cccc(NC(N)=O)c1. The Morgan fingerprint density at radius 2 is 1.86 bits per heavy atom. The molecule has 0 saturated carbocycles. The van der Waals surface area contributed by atoms with Gasteiger partial charge in [-0.15, -0.1) is 0 Å². The fraction of sp³-hybridized carbons (Fsp3) is 0.133. The second-order valence-electron chi connectivity index (χ2n) is 4.49. The molecule has 0 aliphatic carbocycles. The quantitative estimate of drug-likeness (QED) is 0.739. The number of urea groups is 1. The Morgan fingerprint density at radius 3 is 2.50 bits per heavy atom. The van der Waals surface area contributed by atoms with Crippen LogP contribution in [0.4, 0.5) is 16.2 Å². The summed E-state index contributed by atoms with van der Waals surface area (Å²) >= 11 is 1.37. The van der Waals surface area contributed by atoms with Gasteiger partial charge < -0.3 is 16.4 Å². The van der Waals surface area contributed by atoms with Crippen molar-refractivity contribution in [1.82, 2.24) is 4.98 Å². The summed E-state index contributed by atoms with van der Waals surface area (Å²) in [5.41, 5.74) is 6.17. The Kier molecular flexibility index (Phi) is 5.37. The summed E-state index contributed by atoms with van der Waals surface area (Å²) < 4.78 is 0. The Morgan fingerprint density at radius 1 is 1.14 bits per heavy atom. The van der Waals surface area contributed by atoms with Gasteiger partial charge in [0.15, 0.2) is 0 Å². The molecule has 2 rings (SSSR count). The van der Waals surface area contributed by atoms with E-state index in [0.717, 1.165) is 5.03 Å². The lowest BCUT2D eigenvalue weighted by atomic mass is 10.2. The summed E-state index contributed by atoms with van der Waals surface area (Å²) in [6.45, 7) is 1.81. The van der Waals surface area contributed by atoms with Gasteiger partial charge in [-0.1, -0.05) is 23.9 Å². The largest absolute Gasteiger partial charge is 0.351 e. The van der Waals surface area contributed by atoms with Crippen molar-refractivity contribution >= 4 is 35.1 Å². The van der Waals surface area contributed by atoms with Crippen LogP contribution in [0.2, 0.25) is 0 Å². The van der Waals surface area contributed by atoms with Crippen molar-refractivity contribution in [3.63, 3.8) is 0 Å². The second-order valence-corrected chi connectivity index (χ2v) is 5.85. The van der Waals surface area contributed by atoms with Crippen LogP contribution in [0.15, 0.2) is 53.7 Å². The summed E-state index contributed by atoms with van der Waals surface area (Å²) in [5, 5.41) is 5.74. The second kappa shape index (κ2) is 7.46. The van der Waals surface area contributed by atoms with E-state index in [4.69, 9.17) is 5.73 Å². The van der Waals surface area contributed by atoms with Crippen molar-refractivity contribution in [3.8, 4) is 0 Å². The highest BCUT2D eigenvalue weighted by Crippen LogP contribution is 2.22. The minimum absolute atomic E-state index is 0.146. The first-order valence-corrected chi connectivity index (χ1v) is 7.47. The Labute approximate surface area is 132 Å². The summed E-state index contributed by atoms with van der Waals surface area (Å²) in [6.07, 6.45) is 1.69. The zero-order chi connectivity index (χ0) is 15.9. The van der Waals surface area contributed by atoms with Crippen LogP contribution in [-0.4, -0.2) is 22.2 Å². The third kappa shape index (κ3) is 4.78. The zero-order valence-electron chi connectivity index (χ0n) is 11.9. The lowest BCUT2D eigenvalue weighted by Crippen LogP contribution is -2.23. The lowest BCUT2D eigenvalue weighted by molar-refractivity contribution is -0.115. The number of carbonyl (C=O) groups excluding carboxylic acids is 2. The van der Waals surface area contributed by atoms with Gasteiger partial charge in [-0.3, -0.25) is 4.79 Å². The van der Waals surface area contributed by atoms with Crippen molar-refractivity contribution in [2.45, 2.75) is 17.2 Å². The van der Waals surface area contributed by atoms with E-state index in [1.54, 1.807) is 37.4 Å². The van der Waals surface area contributed by atoms with E-state index in [9.17, 15) is 9.59 Å². The normalized spacial score (nSPS) is 11.5. The average Bonchev–Trinajstić information content (AvgIpc) is 2.48. The maximum absolute atomic E-state index is 12.2. The number of nitrogens with one attached hydrogen (secondary N) is 2. The number of benzene rings is 1. The molecule has 6 nitrogen and oxygen atoms in total. The number of rotatable bonds is 5. The van der Waals surface area contributed by atoms with E-state index >= 15 is 0 Å². The van der Waals surface area contributed by atoms with Crippen LogP contribution >= 0.6 is 11.8 Å². The van der Waals surface area contributed by atoms with Gasteiger partial charge in [-0.05, 0) is 37.3 Å². The van der Waals surface area contributed by atoms with E-state index in [1.165, 1.54) is 11.8 Å². The molecule has 0 aliphatic rings. The molecule has 1 atom stereocenters. The van der Waals surface area contributed by atoms with Crippen LogP contribution in [0, 0.1) is 0 Å². The highest BCUT2D eigenvalue weighted by molar-refractivity contribution is 8.00. The number of hydrogen-bond acceptors (Lipinski definition) is 4. The number of primary amides is 1. The van der Waals surface area contributed by atoms with Crippen molar-refractivity contribution in [2.75, 3.05) is 10.6 Å². The van der Waals surface area contributed by atoms with Gasteiger partial charge in [0.1, 0.15) is 0 Å². The Balaban J connectivity index is 1.97. The summed E-state index contributed by atoms with van der Waals surface area (Å²) in [7, 11) is 0. The molecule has 3 amide bonds. The number of pyridine rings is 1. The van der Waals surface area contributed by atoms with Crippen molar-refractivity contribution in [3.05, 3.63) is 48.7 Å². The highest BCUT2D eigenvalue weighted by atomic mass is 32.2. The summed E-state index contributed by atoms with van der Waals surface area (Å²) in [4.78, 5) is 27.2. The molecule has 0 fully saturated rings. The van der Waals surface area contributed by atoms with Gasteiger partial charge in [0.05, 0.1) is 10.3 Å². The van der Waals surface area contributed by atoms with Crippen molar-refractivity contribution in [1.29, 1.82) is 0 Å². The zero-order valence-corrected chi connectivity index (χ0v) is 12.8. The van der Waals surface area contributed by atoms with Crippen LogP contribution in [0.25, 0.3) is 0 Å². The lowest BCUT2D eigenvalue weighted by Gasteiger charge is -2.12. The fourth-order valence-electron chi connectivity index (χ4n) is 1.71. The molecule has 22 heavy (non-hydrogen) atoms. The van der Waals surface area contributed by atoms with Crippen molar-refractivity contribution < 1.29 is 9.59 Å². The molecule has 0 spiro atoms. The van der Waals surface area contributed by atoms with E-state index in [-0.39, 0.29) is 11.2 Å². The van der Waals surface area contributed by atoms with Crippen molar-refractivity contribution in [2.24, 2.45) is 5.73 Å². The minimum Gasteiger partial charge on any atom is -0.351 e. The number of nitrogens with two attached hydrogens (primary N) is 1.